The van der Waals surface area contributed by atoms with Crippen LogP contribution < -0.4 is 0 Å². The van der Waals surface area contributed by atoms with Gasteiger partial charge in [-0.1, -0.05) is 48.5 Å². The Morgan fingerprint density at radius 1 is 1.07 bits per heavy atom. The molecule has 6 rings (SSSR count). The van der Waals surface area contributed by atoms with E-state index in [1.807, 2.05) is 18.2 Å². The van der Waals surface area contributed by atoms with Crippen LogP contribution in [0.5, 0.6) is 0 Å². The molecule has 1 aliphatic carbocycles. The molecule has 1 N–H and O–H groups in total. The van der Waals surface area contributed by atoms with Crippen molar-refractivity contribution in [3.8, 4) is 0 Å². The molecule has 0 amide bonds. The van der Waals surface area contributed by atoms with Crippen LogP contribution in [0.1, 0.15) is 29.2 Å². The van der Waals surface area contributed by atoms with Crippen molar-refractivity contribution >= 4 is 32.9 Å². The van der Waals surface area contributed by atoms with Crippen LogP contribution in [-0.4, -0.2) is 23.0 Å². The second-order valence-electron chi connectivity index (χ2n) is 8.10. The van der Waals surface area contributed by atoms with Gasteiger partial charge >= 0.3 is 0 Å². The summed E-state index contributed by atoms with van der Waals surface area (Å²) in [6.07, 6.45) is 6.64. The minimum Gasteiger partial charge on any atom is -0.361 e. The van der Waals surface area contributed by atoms with Gasteiger partial charge < -0.3 is 4.98 Å². The van der Waals surface area contributed by atoms with Gasteiger partial charge in [-0.2, -0.15) is 0 Å². The van der Waals surface area contributed by atoms with Crippen molar-refractivity contribution in [2.24, 2.45) is 0 Å². The Bertz CT molecular complexity index is 1330. The molecular formula is C26H21N3. The summed E-state index contributed by atoms with van der Waals surface area (Å²) in [6, 6.07) is 19.8. The number of nitrogens with one attached hydrogen (secondary N) is 1. The third-order valence-corrected chi connectivity index (χ3v) is 6.62. The summed E-state index contributed by atoms with van der Waals surface area (Å²) in [6.45, 7) is 9.34. The number of hydrogen-bond acceptors (Lipinski definition) is 1. The quantitative estimate of drug-likeness (QED) is 0.411. The molecule has 4 aromatic rings. The van der Waals surface area contributed by atoms with Gasteiger partial charge in [-0.15, -0.1) is 0 Å². The van der Waals surface area contributed by atoms with Gasteiger partial charge in [0.1, 0.15) is 0 Å². The summed E-state index contributed by atoms with van der Waals surface area (Å²) < 4.78 is 0. The molecule has 2 aliphatic rings. The van der Waals surface area contributed by atoms with Crippen LogP contribution in [0.15, 0.2) is 66.9 Å². The zero-order valence-corrected chi connectivity index (χ0v) is 16.2. The molecule has 3 heteroatoms. The summed E-state index contributed by atoms with van der Waals surface area (Å²) in [5.41, 5.74) is 7.43. The van der Waals surface area contributed by atoms with Crippen LogP contribution in [0, 0.1) is 6.57 Å². The maximum Gasteiger partial charge on any atom is 0.188 e. The van der Waals surface area contributed by atoms with E-state index in [0.29, 0.717) is 11.7 Å². The van der Waals surface area contributed by atoms with E-state index in [1.54, 1.807) is 0 Å². The lowest BCUT2D eigenvalue weighted by Crippen LogP contribution is -2.32. The maximum absolute atomic E-state index is 7.30. The fraction of sp³-hybridized carbons (Fsp3) is 0.192. The fourth-order valence-electron chi connectivity index (χ4n) is 5.20. The molecule has 0 saturated carbocycles. The molecule has 1 atom stereocenters. The first-order valence-corrected chi connectivity index (χ1v) is 10.2. The second-order valence-corrected chi connectivity index (χ2v) is 8.10. The first-order valence-electron chi connectivity index (χ1n) is 10.2. The van der Waals surface area contributed by atoms with Gasteiger partial charge in [-0.3, -0.25) is 4.90 Å². The molecule has 0 saturated heterocycles. The third-order valence-electron chi connectivity index (χ3n) is 6.62. The lowest BCUT2D eigenvalue weighted by Gasteiger charge is -2.32. The lowest BCUT2D eigenvalue weighted by molar-refractivity contribution is 0.222. The Hall–Kier alpha value is -3.35. The number of hydrogen-bond donors (Lipinski definition) is 1. The standard InChI is InChI=1S/C26H21N3/c1-27-20-8-9-24-22(15-20)23(16-28-24)17-10-12-29(13-11-17)25-14-19-6-2-4-18-5-3-7-21(25)26(18)19/h2-10,15-16,25,28H,11-14H2. The first kappa shape index (κ1) is 16.6. The number of aromatic nitrogens is 1. The van der Waals surface area contributed by atoms with Crippen LogP contribution >= 0.6 is 0 Å². The monoisotopic (exact) mass is 375 g/mol. The Morgan fingerprint density at radius 2 is 1.97 bits per heavy atom. The van der Waals surface area contributed by atoms with Gasteiger partial charge in [0, 0.05) is 36.4 Å². The molecular weight excluding hydrogens is 354 g/mol. The van der Waals surface area contributed by atoms with E-state index in [2.05, 4.69) is 63.4 Å². The average Bonchev–Trinajstić information content (AvgIpc) is 3.37. The smallest absolute Gasteiger partial charge is 0.188 e. The summed E-state index contributed by atoms with van der Waals surface area (Å²) in [7, 11) is 0. The number of fused-ring (bicyclic) bond motifs is 1. The number of benzene rings is 3. The molecule has 2 heterocycles. The predicted octanol–water partition coefficient (Wildman–Crippen LogP) is 6.26. The highest BCUT2D eigenvalue weighted by Gasteiger charge is 2.30. The molecule has 0 fully saturated rings. The molecule has 140 valence electrons. The van der Waals surface area contributed by atoms with Crippen molar-refractivity contribution in [2.75, 3.05) is 13.1 Å². The van der Waals surface area contributed by atoms with E-state index in [-0.39, 0.29) is 0 Å². The van der Waals surface area contributed by atoms with Gasteiger partial charge in [0.05, 0.1) is 6.57 Å². The number of nitrogens with zero attached hydrogens (tertiary/aromatic N) is 2. The van der Waals surface area contributed by atoms with E-state index in [1.165, 1.54) is 33.0 Å². The lowest BCUT2D eigenvalue weighted by atomic mass is 9.96. The molecule has 1 aliphatic heterocycles. The summed E-state index contributed by atoms with van der Waals surface area (Å²) >= 11 is 0. The molecule has 3 aromatic carbocycles. The Kier molecular flexibility index (Phi) is 3.62. The van der Waals surface area contributed by atoms with Crippen LogP contribution in [0.4, 0.5) is 5.69 Å². The Morgan fingerprint density at radius 3 is 2.79 bits per heavy atom. The van der Waals surface area contributed by atoms with Crippen molar-refractivity contribution in [1.29, 1.82) is 0 Å². The molecule has 0 spiro atoms. The molecule has 1 aromatic heterocycles. The van der Waals surface area contributed by atoms with Crippen LogP contribution in [-0.2, 0) is 6.42 Å². The van der Waals surface area contributed by atoms with E-state index in [9.17, 15) is 0 Å². The average molecular weight is 375 g/mol. The molecule has 0 radical (unpaired) electrons. The van der Waals surface area contributed by atoms with Crippen molar-refractivity contribution in [2.45, 2.75) is 18.9 Å². The van der Waals surface area contributed by atoms with Gasteiger partial charge in [-0.25, -0.2) is 4.85 Å². The molecule has 0 bridgehead atoms. The maximum atomic E-state index is 7.30. The van der Waals surface area contributed by atoms with Gasteiger partial charge in [0.15, 0.2) is 5.69 Å². The highest BCUT2D eigenvalue weighted by molar-refractivity contribution is 5.95. The van der Waals surface area contributed by atoms with Crippen molar-refractivity contribution in [3.63, 3.8) is 0 Å². The Balaban J connectivity index is 1.31. The summed E-state index contributed by atoms with van der Waals surface area (Å²) in [5, 5.41) is 4.00. The highest BCUT2D eigenvalue weighted by Crippen LogP contribution is 2.41. The summed E-state index contributed by atoms with van der Waals surface area (Å²) in [4.78, 5) is 9.59. The van der Waals surface area contributed by atoms with Gasteiger partial charge in [-0.05, 0) is 57.8 Å². The van der Waals surface area contributed by atoms with Crippen LogP contribution in [0.2, 0.25) is 0 Å². The fourth-order valence-corrected chi connectivity index (χ4v) is 5.20. The highest BCUT2D eigenvalue weighted by atomic mass is 15.2. The van der Waals surface area contributed by atoms with Gasteiger partial charge in [0.2, 0.25) is 0 Å². The van der Waals surface area contributed by atoms with E-state index >= 15 is 0 Å². The minimum absolute atomic E-state index is 0.477. The first-order chi connectivity index (χ1) is 14.3. The van der Waals surface area contributed by atoms with E-state index < -0.39 is 0 Å². The molecule has 29 heavy (non-hydrogen) atoms. The van der Waals surface area contributed by atoms with E-state index in [0.717, 1.165) is 36.8 Å². The second kappa shape index (κ2) is 6.34. The largest absolute Gasteiger partial charge is 0.361 e. The summed E-state index contributed by atoms with van der Waals surface area (Å²) in [5.74, 6) is 0. The third kappa shape index (κ3) is 2.53. The molecule has 3 nitrogen and oxygen atoms in total. The van der Waals surface area contributed by atoms with Gasteiger partial charge in [0.25, 0.3) is 0 Å². The van der Waals surface area contributed by atoms with Crippen LogP contribution in [0.3, 0.4) is 0 Å². The normalized spacial score (nSPS) is 18.9. The van der Waals surface area contributed by atoms with Crippen LogP contribution in [0.25, 0.3) is 32.1 Å². The zero-order valence-electron chi connectivity index (χ0n) is 16.2. The molecule has 1 unspecified atom stereocenters. The predicted molar refractivity (Wildman–Crippen MR) is 119 cm³/mol. The number of aromatic amines is 1. The number of rotatable bonds is 2. The minimum atomic E-state index is 0.477. The van der Waals surface area contributed by atoms with Crippen molar-refractivity contribution in [3.05, 3.63) is 95.0 Å². The topological polar surface area (TPSA) is 23.4 Å². The zero-order chi connectivity index (χ0) is 19.4. The number of H-pyrrole nitrogens is 1. The van der Waals surface area contributed by atoms with Crippen molar-refractivity contribution in [1.82, 2.24) is 9.88 Å². The Labute approximate surface area is 170 Å². The SMILES string of the molecule is [C-]#[N+]c1ccc2[nH]cc(C3=CCN(C4Cc5cccc6cccc4c56)CC3)c2c1. The van der Waals surface area contributed by atoms with E-state index in [4.69, 9.17) is 6.57 Å². The van der Waals surface area contributed by atoms with Crippen molar-refractivity contribution < 1.29 is 0 Å².